The number of rotatable bonds is 4. The van der Waals surface area contributed by atoms with Crippen molar-refractivity contribution in [2.24, 2.45) is 5.92 Å². The molecule has 1 N–H and O–H groups in total. The normalized spacial score (nSPS) is 10.8. The average Bonchev–Trinajstić information content (AvgIpc) is 2.37. The minimum Gasteiger partial charge on any atom is -0.307 e. The SMILES string of the molecule is CC(C)Cc1cc(=O)[nH]c(-c2cccc([N+](=O)[O-])c2)n1. The number of benzene rings is 1. The van der Waals surface area contributed by atoms with Crippen LogP contribution in [-0.2, 0) is 6.42 Å². The zero-order chi connectivity index (χ0) is 14.7. The van der Waals surface area contributed by atoms with Crippen molar-refractivity contribution in [3.05, 3.63) is 56.5 Å². The van der Waals surface area contributed by atoms with Gasteiger partial charge in [-0.2, -0.15) is 0 Å². The maximum absolute atomic E-state index is 11.7. The monoisotopic (exact) mass is 273 g/mol. The summed E-state index contributed by atoms with van der Waals surface area (Å²) in [7, 11) is 0. The van der Waals surface area contributed by atoms with Crippen LogP contribution in [0.15, 0.2) is 35.1 Å². The van der Waals surface area contributed by atoms with Crippen LogP contribution in [-0.4, -0.2) is 14.9 Å². The molecule has 1 aromatic heterocycles. The van der Waals surface area contributed by atoms with Crippen molar-refractivity contribution in [1.29, 1.82) is 0 Å². The van der Waals surface area contributed by atoms with Gasteiger partial charge in [-0.25, -0.2) is 4.98 Å². The molecule has 1 heterocycles. The van der Waals surface area contributed by atoms with Crippen LogP contribution >= 0.6 is 0 Å². The first kappa shape index (κ1) is 13.9. The molecule has 0 bridgehead atoms. The number of nitrogens with one attached hydrogen (secondary N) is 1. The van der Waals surface area contributed by atoms with Crippen LogP contribution in [0.1, 0.15) is 19.5 Å². The number of aromatic amines is 1. The molecule has 0 aliphatic carbocycles. The Bertz CT molecular complexity index is 692. The van der Waals surface area contributed by atoms with E-state index in [9.17, 15) is 14.9 Å². The van der Waals surface area contributed by atoms with Crippen LogP contribution in [0.3, 0.4) is 0 Å². The highest BCUT2D eigenvalue weighted by molar-refractivity contribution is 5.58. The molecule has 0 fully saturated rings. The highest BCUT2D eigenvalue weighted by atomic mass is 16.6. The Morgan fingerprint density at radius 1 is 1.35 bits per heavy atom. The van der Waals surface area contributed by atoms with E-state index in [1.807, 2.05) is 13.8 Å². The molecule has 104 valence electrons. The second kappa shape index (κ2) is 5.64. The maximum Gasteiger partial charge on any atom is 0.270 e. The fraction of sp³-hybridized carbons (Fsp3) is 0.286. The first-order valence-electron chi connectivity index (χ1n) is 6.31. The first-order valence-corrected chi connectivity index (χ1v) is 6.31. The Morgan fingerprint density at radius 3 is 2.75 bits per heavy atom. The molecule has 0 saturated carbocycles. The van der Waals surface area contributed by atoms with Crippen molar-refractivity contribution >= 4 is 5.69 Å². The number of H-pyrrole nitrogens is 1. The lowest BCUT2D eigenvalue weighted by Gasteiger charge is -2.06. The van der Waals surface area contributed by atoms with Gasteiger partial charge in [0.15, 0.2) is 0 Å². The van der Waals surface area contributed by atoms with E-state index in [1.165, 1.54) is 18.2 Å². The fourth-order valence-corrected chi connectivity index (χ4v) is 1.93. The Morgan fingerprint density at radius 2 is 2.10 bits per heavy atom. The summed E-state index contributed by atoms with van der Waals surface area (Å²) in [6.07, 6.45) is 0.686. The van der Waals surface area contributed by atoms with Gasteiger partial charge in [-0.3, -0.25) is 14.9 Å². The van der Waals surface area contributed by atoms with E-state index >= 15 is 0 Å². The second-order valence-electron chi connectivity index (χ2n) is 4.99. The number of non-ortho nitro benzene ring substituents is 1. The van der Waals surface area contributed by atoms with Gasteiger partial charge < -0.3 is 4.98 Å². The lowest BCUT2D eigenvalue weighted by molar-refractivity contribution is -0.384. The molecule has 1 aromatic carbocycles. The fourth-order valence-electron chi connectivity index (χ4n) is 1.93. The van der Waals surface area contributed by atoms with Crippen molar-refractivity contribution in [3.63, 3.8) is 0 Å². The first-order chi connectivity index (χ1) is 9.45. The van der Waals surface area contributed by atoms with Gasteiger partial charge in [-0.15, -0.1) is 0 Å². The van der Waals surface area contributed by atoms with Crippen molar-refractivity contribution in [3.8, 4) is 11.4 Å². The van der Waals surface area contributed by atoms with Crippen LogP contribution < -0.4 is 5.56 Å². The molecule has 2 rings (SSSR count). The molecule has 2 aromatic rings. The molecule has 0 saturated heterocycles. The Hall–Kier alpha value is -2.50. The largest absolute Gasteiger partial charge is 0.307 e. The number of hydrogen-bond donors (Lipinski definition) is 1. The maximum atomic E-state index is 11.7. The Labute approximate surface area is 115 Å². The standard InChI is InChI=1S/C14H15N3O3/c1-9(2)6-11-8-13(18)16-14(15-11)10-4-3-5-12(7-10)17(19)20/h3-5,7-9H,6H2,1-2H3,(H,15,16,18). The molecule has 6 nitrogen and oxygen atoms in total. The van der Waals surface area contributed by atoms with E-state index in [-0.39, 0.29) is 11.2 Å². The molecule has 0 amide bonds. The van der Waals surface area contributed by atoms with Gasteiger partial charge in [0.05, 0.1) is 4.92 Å². The number of nitro benzene ring substituents is 1. The van der Waals surface area contributed by atoms with Gasteiger partial charge in [-0.1, -0.05) is 26.0 Å². The summed E-state index contributed by atoms with van der Waals surface area (Å²) in [6, 6.07) is 7.52. The summed E-state index contributed by atoms with van der Waals surface area (Å²) in [5, 5.41) is 10.8. The van der Waals surface area contributed by atoms with Crippen molar-refractivity contribution in [2.75, 3.05) is 0 Å². The van der Waals surface area contributed by atoms with Crippen molar-refractivity contribution in [1.82, 2.24) is 9.97 Å². The van der Waals surface area contributed by atoms with E-state index in [0.29, 0.717) is 29.4 Å². The van der Waals surface area contributed by atoms with E-state index in [4.69, 9.17) is 0 Å². The summed E-state index contributed by atoms with van der Waals surface area (Å²) in [6.45, 7) is 4.08. The van der Waals surface area contributed by atoms with Gasteiger partial charge in [0.25, 0.3) is 11.2 Å². The van der Waals surface area contributed by atoms with Crippen molar-refractivity contribution in [2.45, 2.75) is 20.3 Å². The third-order valence-corrected chi connectivity index (χ3v) is 2.74. The van der Waals surface area contributed by atoms with Crippen LogP contribution in [0.2, 0.25) is 0 Å². The second-order valence-corrected chi connectivity index (χ2v) is 4.99. The predicted molar refractivity (Wildman–Crippen MR) is 75.5 cm³/mol. The van der Waals surface area contributed by atoms with Gasteiger partial charge in [0, 0.05) is 29.5 Å². The summed E-state index contributed by atoms with van der Waals surface area (Å²) in [5.41, 5.74) is 0.934. The zero-order valence-corrected chi connectivity index (χ0v) is 11.3. The predicted octanol–water partition coefficient (Wildman–Crippen LogP) is 2.54. The Balaban J connectivity index is 2.47. The quantitative estimate of drug-likeness (QED) is 0.684. The van der Waals surface area contributed by atoms with E-state index in [2.05, 4.69) is 9.97 Å². The van der Waals surface area contributed by atoms with Crippen LogP contribution in [0.4, 0.5) is 5.69 Å². The summed E-state index contributed by atoms with van der Waals surface area (Å²) >= 11 is 0. The van der Waals surface area contributed by atoms with Gasteiger partial charge in [0.2, 0.25) is 0 Å². The average molecular weight is 273 g/mol. The van der Waals surface area contributed by atoms with Gasteiger partial charge in [0.1, 0.15) is 5.82 Å². The number of hydrogen-bond acceptors (Lipinski definition) is 4. The van der Waals surface area contributed by atoms with Crippen LogP contribution in [0.5, 0.6) is 0 Å². The van der Waals surface area contributed by atoms with Gasteiger partial charge in [-0.05, 0) is 12.3 Å². The number of aromatic nitrogens is 2. The zero-order valence-electron chi connectivity index (χ0n) is 11.3. The molecule has 20 heavy (non-hydrogen) atoms. The topological polar surface area (TPSA) is 88.9 Å². The summed E-state index contributed by atoms with van der Waals surface area (Å²) in [5.74, 6) is 0.735. The molecule has 0 aliphatic rings. The number of nitro groups is 1. The molecular formula is C14H15N3O3. The van der Waals surface area contributed by atoms with Gasteiger partial charge >= 0.3 is 0 Å². The lowest BCUT2D eigenvalue weighted by Crippen LogP contribution is -2.11. The molecule has 0 spiro atoms. The van der Waals surface area contributed by atoms with E-state index in [1.54, 1.807) is 12.1 Å². The molecular weight excluding hydrogens is 258 g/mol. The molecule has 6 heteroatoms. The van der Waals surface area contributed by atoms with E-state index < -0.39 is 4.92 Å². The third-order valence-electron chi connectivity index (χ3n) is 2.74. The molecule has 0 radical (unpaired) electrons. The van der Waals surface area contributed by atoms with Crippen molar-refractivity contribution < 1.29 is 4.92 Å². The summed E-state index contributed by atoms with van der Waals surface area (Å²) in [4.78, 5) is 28.9. The Kier molecular flexibility index (Phi) is 3.93. The summed E-state index contributed by atoms with van der Waals surface area (Å²) < 4.78 is 0. The van der Waals surface area contributed by atoms with Crippen LogP contribution in [0, 0.1) is 16.0 Å². The molecule has 0 unspecified atom stereocenters. The highest BCUT2D eigenvalue weighted by Crippen LogP contribution is 2.20. The van der Waals surface area contributed by atoms with Crippen LogP contribution in [0.25, 0.3) is 11.4 Å². The molecule has 0 atom stereocenters. The van der Waals surface area contributed by atoms with E-state index in [0.717, 1.165) is 0 Å². The highest BCUT2D eigenvalue weighted by Gasteiger charge is 2.10. The smallest absolute Gasteiger partial charge is 0.270 e. The lowest BCUT2D eigenvalue weighted by atomic mass is 10.1. The minimum absolute atomic E-state index is 0.0283. The number of nitrogens with zero attached hydrogens (tertiary/aromatic N) is 2. The minimum atomic E-state index is -0.473. The molecule has 0 aliphatic heterocycles. The third kappa shape index (κ3) is 3.28.